The van der Waals surface area contributed by atoms with E-state index in [0.717, 1.165) is 47.0 Å². The normalized spacial score (nSPS) is 16.1. The molecule has 8 nitrogen and oxygen atoms in total. The summed E-state index contributed by atoms with van der Waals surface area (Å²) in [4.78, 5) is 19.1. The Balaban J connectivity index is 1.51. The number of tetrazole rings is 1. The molecule has 0 spiro atoms. The van der Waals surface area contributed by atoms with Gasteiger partial charge in [-0.3, -0.25) is 9.69 Å². The summed E-state index contributed by atoms with van der Waals surface area (Å²) < 4.78 is 21.5. The number of hydrogen-bond acceptors (Lipinski definition) is 6. The van der Waals surface area contributed by atoms with Crippen molar-refractivity contribution >= 4 is 10.9 Å². The van der Waals surface area contributed by atoms with Crippen LogP contribution in [0.25, 0.3) is 10.9 Å². The number of benzene rings is 3. The van der Waals surface area contributed by atoms with Gasteiger partial charge in [-0.1, -0.05) is 60.7 Å². The number of nitrogens with zero attached hydrogens (tertiary/aromatic N) is 5. The van der Waals surface area contributed by atoms with Crippen molar-refractivity contribution in [2.45, 2.75) is 51.5 Å². The van der Waals surface area contributed by atoms with Gasteiger partial charge in [0, 0.05) is 25.3 Å². The Bertz CT molecular complexity index is 1640. The molecule has 3 heterocycles. The lowest BCUT2D eigenvalue weighted by Crippen LogP contribution is -2.35. The molecule has 204 valence electrons. The number of hydrogen-bond donors (Lipinski definition) is 1. The van der Waals surface area contributed by atoms with Crippen molar-refractivity contribution < 1.29 is 9.13 Å². The van der Waals surface area contributed by atoms with Crippen LogP contribution < -0.4 is 5.56 Å². The van der Waals surface area contributed by atoms with E-state index in [4.69, 9.17) is 4.74 Å². The first-order valence-electron chi connectivity index (χ1n) is 13.6. The van der Waals surface area contributed by atoms with Gasteiger partial charge in [-0.15, -0.1) is 5.10 Å². The highest BCUT2D eigenvalue weighted by Crippen LogP contribution is 2.31. The van der Waals surface area contributed by atoms with Gasteiger partial charge in [-0.25, -0.2) is 9.07 Å². The molecule has 2 aromatic heterocycles. The van der Waals surface area contributed by atoms with Crippen molar-refractivity contribution in [3.05, 3.63) is 123 Å². The van der Waals surface area contributed by atoms with Crippen LogP contribution in [0, 0.1) is 12.7 Å². The highest BCUT2D eigenvalue weighted by atomic mass is 19.1. The SMILES string of the molecule is Cc1cccc2cc([C@@H](c3nnnn3C[C@H]3CCCO3)N(Cc3ccccc3)Cc3ccc(F)cc3)c(=O)[nH]c12. The maximum Gasteiger partial charge on any atom is 0.253 e. The van der Waals surface area contributed by atoms with Crippen LogP contribution in [0.3, 0.4) is 0 Å². The molecule has 0 radical (unpaired) electrons. The zero-order valence-electron chi connectivity index (χ0n) is 22.3. The predicted molar refractivity (Wildman–Crippen MR) is 150 cm³/mol. The average Bonchev–Trinajstić information content (AvgIpc) is 3.64. The minimum absolute atomic E-state index is 0.0140. The van der Waals surface area contributed by atoms with Crippen molar-refractivity contribution in [2.24, 2.45) is 0 Å². The predicted octanol–water partition coefficient (Wildman–Crippen LogP) is 4.93. The molecule has 6 rings (SSSR count). The number of rotatable bonds is 9. The number of para-hydroxylation sites is 1. The minimum Gasteiger partial charge on any atom is -0.376 e. The lowest BCUT2D eigenvalue weighted by molar-refractivity contribution is 0.0903. The Hall–Kier alpha value is -4.21. The first-order valence-corrected chi connectivity index (χ1v) is 13.6. The number of aryl methyl sites for hydroxylation is 1. The molecule has 1 N–H and O–H groups in total. The molecule has 1 saturated heterocycles. The maximum absolute atomic E-state index is 13.8. The van der Waals surface area contributed by atoms with Gasteiger partial charge in [-0.05, 0) is 70.5 Å². The number of nitrogens with one attached hydrogen (secondary N) is 1. The van der Waals surface area contributed by atoms with E-state index in [1.165, 1.54) is 12.1 Å². The van der Waals surface area contributed by atoms with Crippen molar-refractivity contribution in [3.8, 4) is 0 Å². The van der Waals surface area contributed by atoms with E-state index < -0.39 is 6.04 Å². The van der Waals surface area contributed by atoms with Crippen molar-refractivity contribution in [3.63, 3.8) is 0 Å². The minimum atomic E-state index is -0.588. The molecule has 40 heavy (non-hydrogen) atoms. The van der Waals surface area contributed by atoms with Gasteiger partial charge in [0.25, 0.3) is 5.56 Å². The summed E-state index contributed by atoms with van der Waals surface area (Å²) in [7, 11) is 0. The quantitative estimate of drug-likeness (QED) is 0.286. The fraction of sp³-hybridized carbons (Fsp3) is 0.290. The maximum atomic E-state index is 13.8. The topological polar surface area (TPSA) is 88.9 Å². The van der Waals surface area contributed by atoms with Crippen LogP contribution in [-0.4, -0.2) is 42.8 Å². The van der Waals surface area contributed by atoms with Gasteiger partial charge >= 0.3 is 0 Å². The third kappa shape index (κ3) is 5.57. The summed E-state index contributed by atoms with van der Waals surface area (Å²) in [5.41, 5.74) is 4.12. The molecule has 0 bridgehead atoms. The summed E-state index contributed by atoms with van der Waals surface area (Å²) in [6.07, 6.45) is 1.95. The molecule has 0 aliphatic carbocycles. The van der Waals surface area contributed by atoms with Crippen molar-refractivity contribution in [1.82, 2.24) is 30.1 Å². The van der Waals surface area contributed by atoms with E-state index in [-0.39, 0.29) is 17.5 Å². The second kappa shape index (κ2) is 11.5. The number of pyridine rings is 1. The lowest BCUT2D eigenvalue weighted by atomic mass is 10.0. The molecule has 3 aromatic carbocycles. The fourth-order valence-electron chi connectivity index (χ4n) is 5.50. The molecule has 0 saturated carbocycles. The summed E-state index contributed by atoms with van der Waals surface area (Å²) >= 11 is 0. The highest BCUT2D eigenvalue weighted by Gasteiger charge is 2.32. The summed E-state index contributed by atoms with van der Waals surface area (Å²) in [6, 6.07) is 23.8. The van der Waals surface area contributed by atoms with Gasteiger partial charge in [0.05, 0.1) is 18.2 Å². The Morgan fingerprint density at radius 3 is 2.58 bits per heavy atom. The number of fused-ring (bicyclic) bond motifs is 1. The Labute approximate surface area is 231 Å². The molecule has 2 atom stereocenters. The van der Waals surface area contributed by atoms with E-state index in [0.29, 0.717) is 31.0 Å². The molecular formula is C31H31FN6O2. The number of aromatic amines is 1. The number of H-pyrrole nitrogens is 1. The van der Waals surface area contributed by atoms with Crippen LogP contribution in [0.5, 0.6) is 0 Å². The largest absolute Gasteiger partial charge is 0.376 e. The highest BCUT2D eigenvalue weighted by molar-refractivity contribution is 5.82. The summed E-state index contributed by atoms with van der Waals surface area (Å²) in [5, 5.41) is 13.8. The summed E-state index contributed by atoms with van der Waals surface area (Å²) in [6.45, 7) is 4.16. The Morgan fingerprint density at radius 2 is 1.82 bits per heavy atom. The zero-order valence-corrected chi connectivity index (χ0v) is 22.3. The third-order valence-electron chi connectivity index (χ3n) is 7.51. The van der Waals surface area contributed by atoms with E-state index in [1.54, 1.807) is 16.8 Å². The number of halogens is 1. The van der Waals surface area contributed by atoms with E-state index in [9.17, 15) is 9.18 Å². The molecule has 0 unspecified atom stereocenters. The first kappa shape index (κ1) is 26.0. The van der Waals surface area contributed by atoms with Crippen LogP contribution in [0.15, 0.2) is 83.7 Å². The van der Waals surface area contributed by atoms with Crippen LogP contribution in [0.2, 0.25) is 0 Å². The molecular weight excluding hydrogens is 507 g/mol. The average molecular weight is 539 g/mol. The van der Waals surface area contributed by atoms with Gasteiger partial charge in [0.2, 0.25) is 0 Å². The smallest absolute Gasteiger partial charge is 0.253 e. The number of ether oxygens (including phenoxy) is 1. The van der Waals surface area contributed by atoms with Crippen LogP contribution in [-0.2, 0) is 24.4 Å². The van der Waals surface area contributed by atoms with Gasteiger partial charge in [-0.2, -0.15) is 0 Å². The van der Waals surface area contributed by atoms with Gasteiger partial charge in [0.15, 0.2) is 5.82 Å². The first-order chi connectivity index (χ1) is 19.5. The summed E-state index contributed by atoms with van der Waals surface area (Å²) in [5.74, 6) is 0.266. The Kier molecular flexibility index (Phi) is 7.48. The van der Waals surface area contributed by atoms with E-state index in [2.05, 4.69) is 37.5 Å². The van der Waals surface area contributed by atoms with Crippen molar-refractivity contribution in [1.29, 1.82) is 0 Å². The van der Waals surface area contributed by atoms with Crippen LogP contribution in [0.4, 0.5) is 4.39 Å². The molecule has 1 aliphatic rings. The van der Waals surface area contributed by atoms with Crippen LogP contribution >= 0.6 is 0 Å². The molecule has 5 aromatic rings. The second-order valence-electron chi connectivity index (χ2n) is 10.4. The fourth-order valence-corrected chi connectivity index (χ4v) is 5.50. The monoisotopic (exact) mass is 538 g/mol. The van der Waals surface area contributed by atoms with Gasteiger partial charge in [0.1, 0.15) is 11.9 Å². The standard InChI is InChI=1S/C31H31FN6O2/c1-21-7-5-10-24-17-27(31(39)33-28(21)24)29(30-34-35-36-38(30)20-26-11-6-16-40-26)37(18-22-8-3-2-4-9-22)19-23-12-14-25(32)15-13-23/h2-5,7-10,12-15,17,26,29H,6,11,16,18-20H2,1H3,(H,33,39)/t26-,29+/m1/s1. The Morgan fingerprint density at radius 1 is 1.05 bits per heavy atom. The lowest BCUT2D eigenvalue weighted by Gasteiger charge is -2.31. The van der Waals surface area contributed by atoms with E-state index in [1.807, 2.05) is 49.4 Å². The molecule has 1 aliphatic heterocycles. The molecule has 1 fully saturated rings. The van der Waals surface area contributed by atoms with Crippen LogP contribution in [0.1, 0.15) is 47.0 Å². The molecule has 9 heteroatoms. The zero-order chi connectivity index (χ0) is 27.5. The second-order valence-corrected chi connectivity index (χ2v) is 10.4. The number of aromatic nitrogens is 5. The van der Waals surface area contributed by atoms with Crippen molar-refractivity contribution in [2.75, 3.05) is 6.61 Å². The molecule has 0 amide bonds. The van der Waals surface area contributed by atoms with Gasteiger partial charge < -0.3 is 9.72 Å². The van der Waals surface area contributed by atoms with E-state index >= 15 is 0 Å². The third-order valence-corrected chi connectivity index (χ3v) is 7.51.